The van der Waals surface area contributed by atoms with E-state index in [4.69, 9.17) is 23.2 Å². The first kappa shape index (κ1) is 9.94. The SMILES string of the molecule is FC1(F)C=C(c2ccccc2)C1(Cl)Cl. The van der Waals surface area contributed by atoms with E-state index in [1.165, 1.54) is 0 Å². The van der Waals surface area contributed by atoms with Crippen LogP contribution in [0.25, 0.3) is 5.57 Å². The van der Waals surface area contributed by atoms with Gasteiger partial charge in [0.15, 0.2) is 0 Å². The zero-order chi connectivity index (χ0) is 10.4. The van der Waals surface area contributed by atoms with Gasteiger partial charge in [0.1, 0.15) is 0 Å². The van der Waals surface area contributed by atoms with E-state index < -0.39 is 10.3 Å². The van der Waals surface area contributed by atoms with E-state index in [1.54, 1.807) is 30.3 Å². The molecule has 0 saturated heterocycles. The van der Waals surface area contributed by atoms with Gasteiger partial charge < -0.3 is 0 Å². The molecule has 4 heteroatoms. The number of halogens is 4. The molecule has 0 unspecified atom stereocenters. The minimum absolute atomic E-state index is 0.270. The van der Waals surface area contributed by atoms with Crippen molar-refractivity contribution in [2.45, 2.75) is 10.3 Å². The Bertz CT molecular complexity index is 382. The Balaban J connectivity index is 2.42. The Morgan fingerprint density at radius 2 is 1.57 bits per heavy atom. The van der Waals surface area contributed by atoms with Crippen LogP contribution in [0.3, 0.4) is 0 Å². The van der Waals surface area contributed by atoms with Crippen molar-refractivity contribution in [2.75, 3.05) is 0 Å². The van der Waals surface area contributed by atoms with Crippen molar-refractivity contribution in [3.05, 3.63) is 42.0 Å². The average Bonchev–Trinajstić information content (AvgIpc) is 2.16. The first-order chi connectivity index (χ1) is 6.45. The summed E-state index contributed by atoms with van der Waals surface area (Å²) in [5.41, 5.74) is 0.898. The minimum Gasteiger partial charge on any atom is -0.198 e. The molecule has 1 aliphatic carbocycles. The maximum atomic E-state index is 12.9. The van der Waals surface area contributed by atoms with Gasteiger partial charge in [-0.2, -0.15) is 8.78 Å². The van der Waals surface area contributed by atoms with Crippen molar-refractivity contribution in [1.82, 2.24) is 0 Å². The van der Waals surface area contributed by atoms with Gasteiger partial charge in [-0.25, -0.2) is 0 Å². The van der Waals surface area contributed by atoms with Crippen LogP contribution in [0, 0.1) is 0 Å². The summed E-state index contributed by atoms with van der Waals surface area (Å²) in [6.45, 7) is 0. The van der Waals surface area contributed by atoms with E-state index in [-0.39, 0.29) is 5.57 Å². The summed E-state index contributed by atoms with van der Waals surface area (Å²) in [5.74, 6) is -3.14. The lowest BCUT2D eigenvalue weighted by molar-refractivity contribution is 0.0372. The van der Waals surface area contributed by atoms with Gasteiger partial charge in [0.05, 0.1) is 0 Å². The molecular weight excluding hydrogens is 229 g/mol. The highest BCUT2D eigenvalue weighted by molar-refractivity contribution is 6.56. The second kappa shape index (κ2) is 2.94. The van der Waals surface area contributed by atoms with E-state index in [1.807, 2.05) is 0 Å². The van der Waals surface area contributed by atoms with Crippen LogP contribution in [-0.2, 0) is 0 Å². The van der Waals surface area contributed by atoms with Gasteiger partial charge in [-0.05, 0) is 11.6 Å². The van der Waals surface area contributed by atoms with Gasteiger partial charge in [0, 0.05) is 5.57 Å². The summed E-state index contributed by atoms with van der Waals surface area (Å²) in [6, 6.07) is 8.68. The molecule has 0 bridgehead atoms. The van der Waals surface area contributed by atoms with Crippen molar-refractivity contribution < 1.29 is 8.78 Å². The first-order valence-electron chi connectivity index (χ1n) is 3.99. The second-order valence-electron chi connectivity index (χ2n) is 3.12. The normalized spacial score (nSPS) is 22.4. The van der Waals surface area contributed by atoms with Crippen molar-refractivity contribution >= 4 is 28.8 Å². The minimum atomic E-state index is -3.14. The highest BCUT2D eigenvalue weighted by atomic mass is 35.5. The molecule has 0 nitrogen and oxygen atoms in total. The van der Waals surface area contributed by atoms with Crippen LogP contribution in [0.15, 0.2) is 36.4 Å². The van der Waals surface area contributed by atoms with Crippen LogP contribution >= 0.6 is 23.2 Å². The first-order valence-corrected chi connectivity index (χ1v) is 4.75. The van der Waals surface area contributed by atoms with E-state index in [9.17, 15) is 8.78 Å². The standard InChI is InChI=1S/C10H6Cl2F2/c11-10(12)8(6-9(10,13)14)7-4-2-1-3-5-7/h1-6H. The molecule has 2 rings (SSSR count). The number of allylic oxidation sites excluding steroid dienone is 2. The fraction of sp³-hybridized carbons (Fsp3) is 0.200. The van der Waals surface area contributed by atoms with Crippen LogP contribution in [-0.4, -0.2) is 10.3 Å². The molecule has 14 heavy (non-hydrogen) atoms. The third-order valence-corrected chi connectivity index (χ3v) is 3.08. The molecule has 0 saturated carbocycles. The average molecular weight is 235 g/mol. The molecule has 1 aliphatic rings. The highest BCUT2D eigenvalue weighted by Crippen LogP contribution is 2.57. The Morgan fingerprint density at radius 1 is 1.00 bits per heavy atom. The monoisotopic (exact) mass is 234 g/mol. The van der Waals surface area contributed by atoms with Crippen LogP contribution in [0.5, 0.6) is 0 Å². The molecule has 1 aromatic carbocycles. The predicted octanol–water partition coefficient (Wildman–Crippen LogP) is 3.89. The molecule has 0 heterocycles. The van der Waals surface area contributed by atoms with E-state index in [0.717, 1.165) is 6.08 Å². The van der Waals surface area contributed by atoms with Gasteiger partial charge in [-0.1, -0.05) is 53.5 Å². The molecule has 74 valence electrons. The third kappa shape index (κ3) is 1.25. The fourth-order valence-corrected chi connectivity index (χ4v) is 1.78. The number of alkyl halides is 4. The van der Waals surface area contributed by atoms with Gasteiger partial charge >= 0.3 is 5.92 Å². The largest absolute Gasteiger partial charge is 0.303 e. The maximum absolute atomic E-state index is 12.9. The molecule has 0 N–H and O–H groups in total. The molecule has 0 radical (unpaired) electrons. The van der Waals surface area contributed by atoms with Gasteiger partial charge in [0.25, 0.3) is 0 Å². The summed E-state index contributed by atoms with van der Waals surface area (Å²) < 4.78 is 23.7. The Morgan fingerprint density at radius 3 is 2.00 bits per heavy atom. The van der Waals surface area contributed by atoms with E-state index >= 15 is 0 Å². The molecular formula is C10H6Cl2F2. The summed E-state index contributed by atoms with van der Waals surface area (Å²) >= 11 is 11.1. The van der Waals surface area contributed by atoms with Crippen molar-refractivity contribution in [3.63, 3.8) is 0 Å². The number of hydrogen-bond acceptors (Lipinski definition) is 0. The molecule has 0 fully saturated rings. The molecule has 0 atom stereocenters. The van der Waals surface area contributed by atoms with Crippen molar-refractivity contribution in [2.24, 2.45) is 0 Å². The van der Waals surface area contributed by atoms with Crippen LogP contribution in [0.2, 0.25) is 0 Å². The van der Waals surface area contributed by atoms with Crippen LogP contribution in [0.1, 0.15) is 5.56 Å². The molecule has 0 aliphatic heterocycles. The summed E-state index contributed by atoms with van der Waals surface area (Å²) in [4.78, 5) is 0. The fourth-order valence-electron chi connectivity index (χ4n) is 1.35. The Hall–Kier alpha value is -0.600. The third-order valence-electron chi connectivity index (χ3n) is 2.17. The van der Waals surface area contributed by atoms with Crippen LogP contribution in [0.4, 0.5) is 8.78 Å². The zero-order valence-corrected chi connectivity index (χ0v) is 8.49. The summed E-state index contributed by atoms with van der Waals surface area (Å²) in [7, 11) is 0. The number of benzene rings is 1. The molecule has 0 amide bonds. The Labute approximate surface area is 90.1 Å². The Kier molecular flexibility index (Phi) is 2.09. The zero-order valence-electron chi connectivity index (χ0n) is 6.98. The summed E-state index contributed by atoms with van der Waals surface area (Å²) in [6.07, 6.45) is 0.794. The predicted molar refractivity (Wildman–Crippen MR) is 53.8 cm³/mol. The van der Waals surface area contributed by atoms with Gasteiger partial charge in [-0.3, -0.25) is 0 Å². The second-order valence-corrected chi connectivity index (χ2v) is 4.45. The smallest absolute Gasteiger partial charge is 0.198 e. The summed E-state index contributed by atoms with van der Waals surface area (Å²) in [5, 5.41) is 0. The maximum Gasteiger partial charge on any atom is 0.303 e. The van der Waals surface area contributed by atoms with E-state index in [0.29, 0.717) is 5.56 Å². The highest BCUT2D eigenvalue weighted by Gasteiger charge is 2.60. The van der Waals surface area contributed by atoms with Crippen molar-refractivity contribution in [1.29, 1.82) is 0 Å². The molecule has 1 aromatic rings. The molecule has 0 aromatic heterocycles. The number of rotatable bonds is 1. The number of hydrogen-bond donors (Lipinski definition) is 0. The lowest BCUT2D eigenvalue weighted by Gasteiger charge is -2.38. The molecule has 0 spiro atoms. The lowest BCUT2D eigenvalue weighted by atomic mass is 9.87. The van der Waals surface area contributed by atoms with Crippen LogP contribution < -0.4 is 0 Å². The topological polar surface area (TPSA) is 0 Å². The quantitative estimate of drug-likeness (QED) is 0.647. The van der Waals surface area contributed by atoms with Crippen molar-refractivity contribution in [3.8, 4) is 0 Å². The van der Waals surface area contributed by atoms with E-state index in [2.05, 4.69) is 0 Å². The lowest BCUT2D eigenvalue weighted by Crippen LogP contribution is -2.46. The van der Waals surface area contributed by atoms with Gasteiger partial charge in [-0.15, -0.1) is 0 Å². The van der Waals surface area contributed by atoms with Gasteiger partial charge in [0.2, 0.25) is 4.33 Å².